The summed E-state index contributed by atoms with van der Waals surface area (Å²) in [4.78, 5) is 13.8. The summed E-state index contributed by atoms with van der Waals surface area (Å²) in [5.74, 6) is -0.572. The minimum Gasteiger partial charge on any atom is -0.381 e. The molecule has 0 aliphatic carbocycles. The molecule has 2 aromatic carbocycles. The maximum Gasteiger partial charge on any atom is 0.261 e. The topological polar surface area (TPSA) is 75.7 Å². The molecule has 144 valence electrons. The van der Waals surface area contributed by atoms with E-state index in [4.69, 9.17) is 4.74 Å². The largest absolute Gasteiger partial charge is 0.381 e. The number of nitrogens with zero attached hydrogens (tertiary/aromatic N) is 1. The van der Waals surface area contributed by atoms with Crippen LogP contribution in [0.4, 0.5) is 15.8 Å². The highest BCUT2D eigenvalue weighted by Crippen LogP contribution is 2.26. The average Bonchev–Trinajstić information content (AvgIpc) is 2.64. The van der Waals surface area contributed by atoms with Crippen LogP contribution in [-0.4, -0.2) is 33.6 Å². The molecule has 0 unspecified atom stereocenters. The lowest BCUT2D eigenvalue weighted by Crippen LogP contribution is -2.42. The zero-order valence-corrected chi connectivity index (χ0v) is 15.7. The predicted octanol–water partition coefficient (Wildman–Crippen LogP) is 3.16. The molecule has 2 aromatic rings. The normalized spacial score (nSPS) is 15.3. The Labute approximate surface area is 158 Å². The number of hydrogen-bond acceptors (Lipinski definition) is 4. The van der Waals surface area contributed by atoms with Crippen LogP contribution in [0.2, 0.25) is 0 Å². The summed E-state index contributed by atoms with van der Waals surface area (Å²) < 4.78 is 45.5. The Bertz CT molecular complexity index is 892. The maximum atomic E-state index is 13.0. The Kier molecular flexibility index (Phi) is 5.76. The zero-order chi connectivity index (χ0) is 19.4. The van der Waals surface area contributed by atoms with Gasteiger partial charge in [0.2, 0.25) is 5.91 Å². The van der Waals surface area contributed by atoms with Crippen LogP contribution in [0.5, 0.6) is 0 Å². The molecule has 0 saturated carbocycles. The van der Waals surface area contributed by atoms with Gasteiger partial charge < -0.3 is 9.64 Å². The van der Waals surface area contributed by atoms with E-state index in [-0.39, 0.29) is 16.8 Å². The van der Waals surface area contributed by atoms with Gasteiger partial charge >= 0.3 is 0 Å². The third-order valence-electron chi connectivity index (χ3n) is 4.42. The summed E-state index contributed by atoms with van der Waals surface area (Å²) in [6.07, 6.45) is 1.52. The second-order valence-corrected chi connectivity index (χ2v) is 8.02. The molecule has 1 aliphatic heterocycles. The van der Waals surface area contributed by atoms with E-state index in [0.717, 1.165) is 25.0 Å². The van der Waals surface area contributed by atoms with Crippen molar-refractivity contribution >= 4 is 27.3 Å². The summed E-state index contributed by atoms with van der Waals surface area (Å²) in [5, 5.41) is 0. The van der Waals surface area contributed by atoms with Gasteiger partial charge in [0.05, 0.1) is 4.90 Å². The highest BCUT2D eigenvalue weighted by molar-refractivity contribution is 7.92. The molecular formula is C19H21FN2O4S. The Morgan fingerprint density at radius 1 is 1.07 bits per heavy atom. The van der Waals surface area contributed by atoms with E-state index in [0.29, 0.717) is 24.6 Å². The number of ether oxygens (including phenoxy) is 1. The number of sulfonamides is 1. The number of amides is 1. The second-order valence-electron chi connectivity index (χ2n) is 6.34. The van der Waals surface area contributed by atoms with E-state index >= 15 is 0 Å². The van der Waals surface area contributed by atoms with Crippen molar-refractivity contribution in [2.24, 2.45) is 0 Å². The molecule has 6 nitrogen and oxygen atoms in total. The van der Waals surface area contributed by atoms with Crippen LogP contribution in [0.3, 0.4) is 0 Å². The molecule has 0 radical (unpaired) electrons. The molecule has 1 heterocycles. The van der Waals surface area contributed by atoms with E-state index < -0.39 is 15.8 Å². The average molecular weight is 392 g/mol. The van der Waals surface area contributed by atoms with Crippen LogP contribution in [0.1, 0.15) is 19.8 Å². The fourth-order valence-electron chi connectivity index (χ4n) is 3.11. The van der Waals surface area contributed by atoms with Crippen LogP contribution in [-0.2, 0) is 19.6 Å². The van der Waals surface area contributed by atoms with Crippen molar-refractivity contribution in [1.29, 1.82) is 0 Å². The van der Waals surface area contributed by atoms with Crippen LogP contribution in [0, 0.1) is 5.82 Å². The number of benzene rings is 2. The number of hydrogen-bond donors (Lipinski definition) is 1. The zero-order valence-electron chi connectivity index (χ0n) is 14.9. The van der Waals surface area contributed by atoms with Gasteiger partial charge in [0.1, 0.15) is 5.82 Å². The number of carbonyl (C=O) groups is 1. The fraction of sp³-hybridized carbons (Fsp3) is 0.316. The van der Waals surface area contributed by atoms with Gasteiger partial charge in [0.25, 0.3) is 10.0 Å². The molecule has 1 amide bonds. The van der Waals surface area contributed by atoms with Gasteiger partial charge in [0.15, 0.2) is 0 Å². The molecule has 0 aromatic heterocycles. The Morgan fingerprint density at radius 3 is 2.22 bits per heavy atom. The van der Waals surface area contributed by atoms with Crippen molar-refractivity contribution in [2.45, 2.75) is 30.7 Å². The van der Waals surface area contributed by atoms with Gasteiger partial charge in [-0.3, -0.25) is 9.52 Å². The Balaban J connectivity index is 1.77. The first-order valence-corrected chi connectivity index (χ1v) is 10.1. The van der Waals surface area contributed by atoms with Gasteiger partial charge in [-0.05, 0) is 61.4 Å². The van der Waals surface area contributed by atoms with Crippen LogP contribution >= 0.6 is 0 Å². The molecule has 1 N–H and O–H groups in total. The number of rotatable bonds is 5. The maximum absolute atomic E-state index is 13.0. The fourth-order valence-corrected chi connectivity index (χ4v) is 4.17. The SMILES string of the molecule is CC(=O)N(c1ccc(NS(=O)(=O)c2ccc(F)cc2)cc1)C1CCOCC1. The minimum absolute atomic E-state index is 0.0273. The highest BCUT2D eigenvalue weighted by atomic mass is 32.2. The summed E-state index contributed by atoms with van der Waals surface area (Å²) in [6, 6.07) is 11.3. The van der Waals surface area contributed by atoms with E-state index in [1.165, 1.54) is 19.1 Å². The Hall–Kier alpha value is -2.45. The van der Waals surface area contributed by atoms with Crippen LogP contribution in [0.15, 0.2) is 53.4 Å². The first-order valence-electron chi connectivity index (χ1n) is 8.63. The van der Waals surface area contributed by atoms with Gasteiger partial charge in [-0.1, -0.05) is 0 Å². The summed E-state index contributed by atoms with van der Waals surface area (Å²) in [7, 11) is -3.81. The van der Waals surface area contributed by atoms with Crippen molar-refractivity contribution in [1.82, 2.24) is 0 Å². The number of carbonyl (C=O) groups excluding carboxylic acids is 1. The predicted molar refractivity (Wildman–Crippen MR) is 101 cm³/mol. The van der Waals surface area contributed by atoms with Crippen LogP contribution < -0.4 is 9.62 Å². The first kappa shape index (κ1) is 19.3. The number of anilines is 2. The van der Waals surface area contributed by atoms with Crippen molar-refractivity contribution in [3.8, 4) is 0 Å². The van der Waals surface area contributed by atoms with E-state index in [1.54, 1.807) is 29.2 Å². The van der Waals surface area contributed by atoms with E-state index in [9.17, 15) is 17.6 Å². The third-order valence-corrected chi connectivity index (χ3v) is 5.81. The summed E-state index contributed by atoms with van der Waals surface area (Å²) in [6.45, 7) is 2.74. The van der Waals surface area contributed by atoms with Gasteiger partial charge in [-0.25, -0.2) is 12.8 Å². The second kappa shape index (κ2) is 8.06. The molecule has 1 aliphatic rings. The third kappa shape index (κ3) is 4.64. The molecule has 3 rings (SSSR count). The summed E-state index contributed by atoms with van der Waals surface area (Å²) >= 11 is 0. The molecule has 8 heteroatoms. The monoisotopic (exact) mass is 392 g/mol. The lowest BCUT2D eigenvalue weighted by atomic mass is 10.1. The van der Waals surface area contributed by atoms with Gasteiger partial charge in [0, 0.05) is 37.6 Å². The molecule has 27 heavy (non-hydrogen) atoms. The van der Waals surface area contributed by atoms with Crippen molar-refractivity contribution < 1.29 is 22.3 Å². The van der Waals surface area contributed by atoms with Gasteiger partial charge in [-0.2, -0.15) is 0 Å². The van der Waals surface area contributed by atoms with Crippen molar-refractivity contribution in [3.63, 3.8) is 0 Å². The quantitative estimate of drug-likeness (QED) is 0.848. The lowest BCUT2D eigenvalue weighted by Gasteiger charge is -2.33. The molecule has 0 spiro atoms. The molecule has 0 bridgehead atoms. The van der Waals surface area contributed by atoms with E-state index in [1.807, 2.05) is 0 Å². The smallest absolute Gasteiger partial charge is 0.261 e. The molecular weight excluding hydrogens is 371 g/mol. The summed E-state index contributed by atoms with van der Waals surface area (Å²) in [5.41, 5.74) is 1.07. The van der Waals surface area contributed by atoms with Crippen molar-refractivity contribution in [3.05, 3.63) is 54.3 Å². The molecule has 0 atom stereocenters. The minimum atomic E-state index is -3.81. The van der Waals surface area contributed by atoms with Crippen LogP contribution in [0.25, 0.3) is 0 Å². The van der Waals surface area contributed by atoms with E-state index in [2.05, 4.69) is 4.72 Å². The molecule has 1 fully saturated rings. The molecule has 1 saturated heterocycles. The number of nitrogens with one attached hydrogen (secondary N) is 1. The Morgan fingerprint density at radius 2 is 1.67 bits per heavy atom. The number of halogens is 1. The van der Waals surface area contributed by atoms with Crippen molar-refractivity contribution in [2.75, 3.05) is 22.8 Å². The highest BCUT2D eigenvalue weighted by Gasteiger charge is 2.25. The standard InChI is InChI=1S/C19H21FN2O4S/c1-14(23)22(18-10-12-26-13-11-18)17-6-4-16(5-7-17)21-27(24,25)19-8-2-15(20)3-9-19/h2-9,18,21H,10-13H2,1H3. The first-order chi connectivity index (χ1) is 12.9. The lowest BCUT2D eigenvalue weighted by molar-refractivity contribution is -0.117. The van der Waals surface area contributed by atoms with Gasteiger partial charge in [-0.15, -0.1) is 0 Å².